The van der Waals surface area contributed by atoms with Crippen LogP contribution in [0.2, 0.25) is 0 Å². The number of aliphatic hydroxyl groups excluding tert-OH is 1. The molecule has 0 spiro atoms. The zero-order chi connectivity index (χ0) is 24.0. The van der Waals surface area contributed by atoms with Gasteiger partial charge in [-0.25, -0.2) is 8.78 Å². The van der Waals surface area contributed by atoms with Crippen LogP contribution in [0.15, 0.2) is 42.5 Å². The van der Waals surface area contributed by atoms with Crippen molar-refractivity contribution in [3.63, 3.8) is 0 Å². The lowest BCUT2D eigenvalue weighted by molar-refractivity contribution is -0.120. The van der Waals surface area contributed by atoms with Crippen LogP contribution in [-0.4, -0.2) is 35.5 Å². The summed E-state index contributed by atoms with van der Waals surface area (Å²) in [6.07, 6.45) is 3.98. The van der Waals surface area contributed by atoms with Gasteiger partial charge in [0.2, 0.25) is 5.91 Å². The minimum absolute atomic E-state index is 0.00380. The van der Waals surface area contributed by atoms with Crippen molar-refractivity contribution >= 4 is 11.7 Å². The van der Waals surface area contributed by atoms with Gasteiger partial charge in [-0.1, -0.05) is 37.5 Å². The van der Waals surface area contributed by atoms with E-state index in [2.05, 4.69) is 10.6 Å². The van der Waals surface area contributed by atoms with E-state index in [1.54, 1.807) is 6.07 Å². The van der Waals surface area contributed by atoms with Gasteiger partial charge in [-0.05, 0) is 55.5 Å². The molecule has 0 saturated heterocycles. The topological polar surface area (TPSA) is 78.4 Å². The number of hydrogen-bond donors (Lipinski definition) is 3. The summed E-state index contributed by atoms with van der Waals surface area (Å²) in [6, 6.07) is 10.0. The molecular formula is C26H32F2N2O3. The summed E-state index contributed by atoms with van der Waals surface area (Å²) in [6.45, 7) is 3.05. The SMILES string of the molecule is CC(=O)NC(Cc1cc(F)cc(F)c1)C(O)CNC1(c2cccc(C(C)=O)c2)CCCCC1. The summed E-state index contributed by atoms with van der Waals surface area (Å²) < 4.78 is 27.3. The normalized spacial score (nSPS) is 17.2. The van der Waals surface area contributed by atoms with Crippen LogP contribution < -0.4 is 10.6 Å². The molecule has 7 heteroatoms. The molecule has 2 unspecified atom stereocenters. The van der Waals surface area contributed by atoms with Crippen molar-refractivity contribution in [2.75, 3.05) is 6.54 Å². The Morgan fingerprint density at radius 2 is 1.70 bits per heavy atom. The lowest BCUT2D eigenvalue weighted by Gasteiger charge is -2.40. The highest BCUT2D eigenvalue weighted by Gasteiger charge is 2.35. The van der Waals surface area contributed by atoms with E-state index >= 15 is 0 Å². The van der Waals surface area contributed by atoms with Crippen LogP contribution in [0.1, 0.15) is 67.4 Å². The van der Waals surface area contributed by atoms with E-state index in [-0.39, 0.29) is 24.7 Å². The molecule has 2 aromatic carbocycles. The molecule has 178 valence electrons. The monoisotopic (exact) mass is 458 g/mol. The molecule has 1 fully saturated rings. The van der Waals surface area contributed by atoms with E-state index in [0.717, 1.165) is 43.7 Å². The highest BCUT2D eigenvalue weighted by atomic mass is 19.1. The van der Waals surface area contributed by atoms with E-state index < -0.39 is 29.3 Å². The minimum Gasteiger partial charge on any atom is -0.390 e. The predicted octanol–water partition coefficient (Wildman–Crippen LogP) is 4.02. The third-order valence-corrected chi connectivity index (χ3v) is 6.41. The van der Waals surface area contributed by atoms with Crippen LogP contribution in [0.25, 0.3) is 0 Å². The highest BCUT2D eigenvalue weighted by molar-refractivity contribution is 5.94. The van der Waals surface area contributed by atoms with Crippen LogP contribution in [0.4, 0.5) is 8.78 Å². The number of hydrogen-bond acceptors (Lipinski definition) is 4. The molecule has 1 amide bonds. The second-order valence-corrected chi connectivity index (χ2v) is 9.02. The van der Waals surface area contributed by atoms with Gasteiger partial charge in [-0.3, -0.25) is 9.59 Å². The zero-order valence-corrected chi connectivity index (χ0v) is 19.2. The first kappa shape index (κ1) is 25.0. The number of nitrogens with one attached hydrogen (secondary N) is 2. The van der Waals surface area contributed by atoms with E-state index in [1.807, 2.05) is 18.2 Å². The number of Topliss-reactive ketones (excluding diaryl/α,β-unsaturated/α-hetero) is 1. The molecule has 5 nitrogen and oxygen atoms in total. The summed E-state index contributed by atoms with van der Waals surface area (Å²) in [4.78, 5) is 23.7. The van der Waals surface area contributed by atoms with Crippen LogP contribution in [0, 0.1) is 11.6 Å². The summed E-state index contributed by atoms with van der Waals surface area (Å²) in [5, 5.41) is 17.2. The molecule has 1 aliphatic carbocycles. The predicted molar refractivity (Wildman–Crippen MR) is 123 cm³/mol. The fraction of sp³-hybridized carbons (Fsp3) is 0.462. The summed E-state index contributed by atoms with van der Waals surface area (Å²) in [5.41, 5.74) is 1.61. The van der Waals surface area contributed by atoms with E-state index in [1.165, 1.54) is 26.0 Å². The Hall–Kier alpha value is -2.64. The first-order valence-electron chi connectivity index (χ1n) is 11.5. The number of benzene rings is 2. The molecular weight excluding hydrogens is 426 g/mol. The molecule has 0 aromatic heterocycles. The van der Waals surface area contributed by atoms with Crippen molar-refractivity contribution in [1.29, 1.82) is 0 Å². The van der Waals surface area contributed by atoms with Crippen molar-refractivity contribution in [3.05, 3.63) is 70.8 Å². The van der Waals surface area contributed by atoms with Gasteiger partial charge in [0.15, 0.2) is 5.78 Å². The van der Waals surface area contributed by atoms with Gasteiger partial charge in [0, 0.05) is 30.6 Å². The Kier molecular flexibility index (Phi) is 8.32. The second-order valence-electron chi connectivity index (χ2n) is 9.02. The van der Waals surface area contributed by atoms with Crippen molar-refractivity contribution < 1.29 is 23.5 Å². The summed E-state index contributed by atoms with van der Waals surface area (Å²) in [7, 11) is 0. The maximum absolute atomic E-state index is 13.6. The molecule has 2 aromatic rings. The van der Waals surface area contributed by atoms with E-state index in [0.29, 0.717) is 11.1 Å². The third-order valence-electron chi connectivity index (χ3n) is 6.41. The zero-order valence-electron chi connectivity index (χ0n) is 19.2. The first-order valence-corrected chi connectivity index (χ1v) is 11.5. The fourth-order valence-electron chi connectivity index (χ4n) is 4.73. The van der Waals surface area contributed by atoms with Crippen molar-refractivity contribution in [2.24, 2.45) is 0 Å². The standard InChI is InChI=1S/C26H32F2N2O3/c1-17(31)20-7-6-8-21(14-20)26(9-4-3-5-10-26)29-16-25(33)24(30-18(2)32)13-19-11-22(27)15-23(28)12-19/h6-8,11-12,14-15,24-25,29,33H,3-5,9-10,13,16H2,1-2H3,(H,30,32). The van der Waals surface area contributed by atoms with Gasteiger partial charge in [0.25, 0.3) is 0 Å². The van der Waals surface area contributed by atoms with Gasteiger partial charge in [-0.15, -0.1) is 0 Å². The van der Waals surface area contributed by atoms with E-state index in [9.17, 15) is 23.5 Å². The Morgan fingerprint density at radius 1 is 1.03 bits per heavy atom. The number of ketones is 1. The number of aliphatic hydroxyl groups is 1. The number of rotatable bonds is 9. The lowest BCUT2D eigenvalue weighted by Crippen LogP contribution is -2.53. The van der Waals surface area contributed by atoms with Gasteiger partial charge in [0.05, 0.1) is 12.1 Å². The third kappa shape index (κ3) is 6.68. The quantitative estimate of drug-likeness (QED) is 0.496. The van der Waals surface area contributed by atoms with Gasteiger partial charge < -0.3 is 15.7 Å². The van der Waals surface area contributed by atoms with Crippen LogP contribution >= 0.6 is 0 Å². The molecule has 33 heavy (non-hydrogen) atoms. The molecule has 0 bridgehead atoms. The van der Waals surface area contributed by atoms with Crippen LogP contribution in [0.5, 0.6) is 0 Å². The molecule has 0 radical (unpaired) electrons. The van der Waals surface area contributed by atoms with Crippen LogP contribution in [0.3, 0.4) is 0 Å². The van der Waals surface area contributed by atoms with Crippen molar-refractivity contribution in [3.8, 4) is 0 Å². The average Bonchev–Trinajstić information content (AvgIpc) is 2.77. The highest BCUT2D eigenvalue weighted by Crippen LogP contribution is 2.37. The van der Waals surface area contributed by atoms with Gasteiger partial charge in [0.1, 0.15) is 11.6 Å². The fourth-order valence-corrected chi connectivity index (χ4v) is 4.73. The summed E-state index contributed by atoms with van der Waals surface area (Å²) >= 11 is 0. The molecule has 3 N–H and O–H groups in total. The number of halogens is 2. The van der Waals surface area contributed by atoms with Crippen LogP contribution in [-0.2, 0) is 16.8 Å². The molecule has 1 aliphatic rings. The van der Waals surface area contributed by atoms with Gasteiger partial charge >= 0.3 is 0 Å². The lowest BCUT2D eigenvalue weighted by atomic mass is 9.76. The minimum atomic E-state index is -0.991. The number of carbonyl (C=O) groups is 2. The Labute approximate surface area is 193 Å². The van der Waals surface area contributed by atoms with Crippen molar-refractivity contribution in [2.45, 2.75) is 70.1 Å². The molecule has 3 rings (SSSR count). The second kappa shape index (κ2) is 11.0. The van der Waals surface area contributed by atoms with E-state index in [4.69, 9.17) is 0 Å². The first-order chi connectivity index (χ1) is 15.7. The smallest absolute Gasteiger partial charge is 0.217 e. The molecule has 0 aliphatic heterocycles. The number of carbonyl (C=O) groups excluding carboxylic acids is 2. The Bertz CT molecular complexity index is 969. The molecule has 1 saturated carbocycles. The molecule has 0 heterocycles. The maximum Gasteiger partial charge on any atom is 0.217 e. The Morgan fingerprint density at radius 3 is 2.30 bits per heavy atom. The summed E-state index contributed by atoms with van der Waals surface area (Å²) in [5.74, 6) is -1.75. The van der Waals surface area contributed by atoms with Crippen molar-refractivity contribution in [1.82, 2.24) is 10.6 Å². The average molecular weight is 459 g/mol. The number of amides is 1. The maximum atomic E-state index is 13.6. The Balaban J connectivity index is 1.79. The molecule has 2 atom stereocenters. The largest absolute Gasteiger partial charge is 0.390 e. The van der Waals surface area contributed by atoms with Gasteiger partial charge in [-0.2, -0.15) is 0 Å².